The highest BCUT2D eigenvalue weighted by atomic mass is 19.1. The van der Waals surface area contributed by atoms with Crippen LogP contribution in [-0.4, -0.2) is 57.6 Å². The van der Waals surface area contributed by atoms with E-state index in [1.807, 2.05) is 20.0 Å². The maximum Gasteiger partial charge on any atom is 0.254 e. The van der Waals surface area contributed by atoms with E-state index >= 15 is 0 Å². The van der Waals surface area contributed by atoms with E-state index in [9.17, 15) is 9.18 Å². The second kappa shape index (κ2) is 7.42. The van der Waals surface area contributed by atoms with Gasteiger partial charge in [-0.25, -0.2) is 4.39 Å². The molecule has 0 saturated carbocycles. The van der Waals surface area contributed by atoms with Crippen LogP contribution >= 0.6 is 0 Å². The summed E-state index contributed by atoms with van der Waals surface area (Å²) in [6.07, 6.45) is 1.70. The van der Waals surface area contributed by atoms with Gasteiger partial charge in [0.05, 0.1) is 49.1 Å². The van der Waals surface area contributed by atoms with Crippen molar-refractivity contribution in [3.05, 3.63) is 58.8 Å². The second-order valence-electron chi connectivity index (χ2n) is 8.01. The highest BCUT2D eigenvalue weighted by Crippen LogP contribution is 2.36. The van der Waals surface area contributed by atoms with E-state index in [0.29, 0.717) is 43.1 Å². The third-order valence-electron chi connectivity index (χ3n) is 6.10. The molecule has 0 radical (unpaired) electrons. The molecular weight excluding hydrogens is 399 g/mol. The molecule has 2 aliphatic rings. The lowest BCUT2D eigenvalue weighted by atomic mass is 9.96. The van der Waals surface area contributed by atoms with Crippen molar-refractivity contribution in [3.8, 4) is 11.3 Å². The van der Waals surface area contributed by atoms with E-state index in [-0.39, 0.29) is 17.8 Å². The molecule has 1 fully saturated rings. The SMILES string of the molecule is Cc1c2c(nn1C)CN(C)C(=O)c1ccc(F)cc1[C@H]1COCCN1c1cnnc-2c1. The van der Waals surface area contributed by atoms with E-state index in [1.54, 1.807) is 28.9 Å². The van der Waals surface area contributed by atoms with Crippen LogP contribution in [0.15, 0.2) is 30.5 Å². The Morgan fingerprint density at radius 1 is 1.23 bits per heavy atom. The predicted octanol–water partition coefficient (Wildman–Crippen LogP) is 2.49. The van der Waals surface area contributed by atoms with E-state index in [0.717, 1.165) is 22.6 Å². The number of morpholine rings is 1. The first-order valence-corrected chi connectivity index (χ1v) is 10.2. The van der Waals surface area contributed by atoms with Crippen LogP contribution in [0.25, 0.3) is 11.3 Å². The Morgan fingerprint density at radius 2 is 2.06 bits per heavy atom. The number of amides is 1. The third-order valence-corrected chi connectivity index (χ3v) is 6.10. The van der Waals surface area contributed by atoms with Crippen LogP contribution in [0.5, 0.6) is 0 Å². The van der Waals surface area contributed by atoms with Gasteiger partial charge in [0.2, 0.25) is 0 Å². The molecule has 160 valence electrons. The molecular formula is C22H23FN6O2. The quantitative estimate of drug-likeness (QED) is 0.554. The number of aromatic nitrogens is 4. The fourth-order valence-electron chi connectivity index (χ4n) is 4.43. The topological polar surface area (TPSA) is 76.4 Å². The Morgan fingerprint density at radius 3 is 2.90 bits per heavy atom. The molecule has 2 bridgehead atoms. The number of hydrogen-bond acceptors (Lipinski definition) is 6. The van der Waals surface area contributed by atoms with Gasteiger partial charge < -0.3 is 14.5 Å². The average Bonchev–Trinajstić information content (AvgIpc) is 3.05. The summed E-state index contributed by atoms with van der Waals surface area (Å²) in [6.45, 7) is 3.74. The number of carbonyl (C=O) groups is 1. The average molecular weight is 422 g/mol. The van der Waals surface area contributed by atoms with E-state index in [1.165, 1.54) is 12.1 Å². The maximum atomic E-state index is 14.3. The van der Waals surface area contributed by atoms with Crippen molar-refractivity contribution < 1.29 is 13.9 Å². The van der Waals surface area contributed by atoms with Gasteiger partial charge in [-0.1, -0.05) is 0 Å². The van der Waals surface area contributed by atoms with Crippen molar-refractivity contribution in [1.82, 2.24) is 24.9 Å². The van der Waals surface area contributed by atoms with E-state index in [4.69, 9.17) is 4.74 Å². The molecule has 2 aromatic heterocycles. The molecule has 5 rings (SSSR count). The van der Waals surface area contributed by atoms with E-state index in [2.05, 4.69) is 20.2 Å². The van der Waals surface area contributed by atoms with Crippen molar-refractivity contribution in [3.63, 3.8) is 0 Å². The van der Waals surface area contributed by atoms with Crippen molar-refractivity contribution in [2.75, 3.05) is 31.7 Å². The van der Waals surface area contributed by atoms with Gasteiger partial charge in [0.1, 0.15) is 5.82 Å². The standard InChI is InChI=1S/C22H23FN6O2/c1-13-21-18-9-15(10-24-25-18)29-6-7-31-12-20(29)17-8-14(23)4-5-16(17)22(30)27(2)11-19(21)26-28(13)3/h4-5,8-10,20H,6-7,11-12H2,1-3H3/t20-/m1/s1. The van der Waals surface area contributed by atoms with Crippen LogP contribution < -0.4 is 4.90 Å². The molecule has 1 atom stereocenters. The van der Waals surface area contributed by atoms with Gasteiger partial charge in [0.15, 0.2) is 0 Å². The Kier molecular flexibility index (Phi) is 4.70. The van der Waals surface area contributed by atoms with Crippen LogP contribution in [-0.2, 0) is 18.3 Å². The molecule has 0 spiro atoms. The van der Waals surface area contributed by atoms with Crippen LogP contribution in [0.1, 0.15) is 33.4 Å². The monoisotopic (exact) mass is 422 g/mol. The molecule has 1 amide bonds. The molecule has 3 aromatic rings. The molecule has 0 aliphatic carbocycles. The summed E-state index contributed by atoms with van der Waals surface area (Å²) in [5.41, 5.74) is 5.18. The Hall–Kier alpha value is -3.33. The van der Waals surface area contributed by atoms with E-state index < -0.39 is 0 Å². The lowest BCUT2D eigenvalue weighted by molar-refractivity contribution is 0.0772. The number of anilines is 1. The highest BCUT2D eigenvalue weighted by molar-refractivity contribution is 5.96. The van der Waals surface area contributed by atoms with Gasteiger partial charge in [-0.2, -0.15) is 15.3 Å². The molecule has 31 heavy (non-hydrogen) atoms. The number of aryl methyl sites for hydroxylation is 1. The number of halogens is 1. The maximum absolute atomic E-state index is 14.3. The van der Waals surface area contributed by atoms with Gasteiger partial charge >= 0.3 is 0 Å². The van der Waals surface area contributed by atoms with Crippen LogP contribution in [0, 0.1) is 12.7 Å². The zero-order valence-electron chi connectivity index (χ0n) is 17.7. The van der Waals surface area contributed by atoms with Crippen molar-refractivity contribution >= 4 is 11.6 Å². The minimum Gasteiger partial charge on any atom is -0.377 e. The van der Waals surface area contributed by atoms with Crippen molar-refractivity contribution in [2.45, 2.75) is 19.5 Å². The van der Waals surface area contributed by atoms with Gasteiger partial charge in [0, 0.05) is 37.5 Å². The summed E-state index contributed by atoms with van der Waals surface area (Å²) < 4.78 is 21.8. The molecule has 1 saturated heterocycles. The first-order chi connectivity index (χ1) is 14.9. The third kappa shape index (κ3) is 3.25. The number of ether oxygens (including phenoxy) is 1. The van der Waals surface area contributed by atoms with Crippen LogP contribution in [0.2, 0.25) is 0 Å². The molecule has 8 nitrogen and oxygen atoms in total. The summed E-state index contributed by atoms with van der Waals surface area (Å²) >= 11 is 0. The van der Waals surface area contributed by atoms with Gasteiger partial charge in [-0.05, 0) is 36.8 Å². The smallest absolute Gasteiger partial charge is 0.254 e. The summed E-state index contributed by atoms with van der Waals surface area (Å²) in [4.78, 5) is 17.1. The number of hydrogen-bond donors (Lipinski definition) is 0. The van der Waals surface area contributed by atoms with Crippen LogP contribution in [0.3, 0.4) is 0 Å². The zero-order chi connectivity index (χ0) is 21.7. The summed E-state index contributed by atoms with van der Waals surface area (Å²) in [5.74, 6) is -0.576. The Labute approximate surface area is 179 Å². The second-order valence-corrected chi connectivity index (χ2v) is 8.01. The molecule has 4 heterocycles. The molecule has 1 aromatic carbocycles. The number of benzene rings is 1. The molecule has 2 aliphatic heterocycles. The molecule has 9 heteroatoms. The normalized spacial score (nSPS) is 18.6. The summed E-state index contributed by atoms with van der Waals surface area (Å²) in [6, 6.07) is 5.99. The first kappa shape index (κ1) is 19.6. The molecule has 0 N–H and O–H groups in total. The first-order valence-electron chi connectivity index (χ1n) is 10.2. The fraction of sp³-hybridized carbons (Fsp3) is 0.364. The Balaban J connectivity index is 1.77. The van der Waals surface area contributed by atoms with Crippen LogP contribution in [0.4, 0.5) is 10.1 Å². The summed E-state index contributed by atoms with van der Waals surface area (Å²) in [5, 5.41) is 13.3. The number of carbonyl (C=O) groups excluding carboxylic acids is 1. The van der Waals surface area contributed by atoms with Crippen molar-refractivity contribution in [2.24, 2.45) is 7.05 Å². The summed E-state index contributed by atoms with van der Waals surface area (Å²) in [7, 11) is 3.60. The number of fused-ring (bicyclic) bond motifs is 8. The van der Waals surface area contributed by atoms with Crippen molar-refractivity contribution in [1.29, 1.82) is 0 Å². The minimum atomic E-state index is -0.386. The Bertz CT molecular complexity index is 1180. The lowest BCUT2D eigenvalue weighted by Gasteiger charge is -2.38. The number of rotatable bonds is 0. The lowest BCUT2D eigenvalue weighted by Crippen LogP contribution is -2.41. The van der Waals surface area contributed by atoms with Gasteiger partial charge in [0.25, 0.3) is 5.91 Å². The minimum absolute atomic E-state index is 0.190. The highest BCUT2D eigenvalue weighted by Gasteiger charge is 2.32. The largest absolute Gasteiger partial charge is 0.377 e. The predicted molar refractivity (Wildman–Crippen MR) is 112 cm³/mol. The van der Waals surface area contributed by atoms with Gasteiger partial charge in [-0.3, -0.25) is 9.48 Å². The molecule has 0 unspecified atom stereocenters. The van der Waals surface area contributed by atoms with Gasteiger partial charge in [-0.15, -0.1) is 0 Å². The zero-order valence-corrected chi connectivity index (χ0v) is 17.7. The number of nitrogens with zero attached hydrogens (tertiary/aromatic N) is 6. The fourth-order valence-corrected chi connectivity index (χ4v) is 4.43.